The molecule has 476 valence electrons. The van der Waals surface area contributed by atoms with Gasteiger partial charge in [0.2, 0.25) is 23.6 Å². The van der Waals surface area contributed by atoms with Crippen LogP contribution in [0.25, 0.3) is 0 Å². The van der Waals surface area contributed by atoms with Crippen LogP contribution in [0.2, 0.25) is 0 Å². The Morgan fingerprint density at radius 3 is 1.34 bits per heavy atom. The number of amides is 7. The maximum Gasteiger partial charge on any atom is 0.414 e. The summed E-state index contributed by atoms with van der Waals surface area (Å²) < 4.78 is 45.9. The minimum atomic E-state index is -0.646. The van der Waals surface area contributed by atoms with Crippen LogP contribution in [0, 0.1) is 11.6 Å². The Balaban J connectivity index is 0.000000314. The molecular weight excluding hydrogens is 1170 g/mol. The number of nitrogens with two attached hydrogens (primary N) is 1. The van der Waals surface area contributed by atoms with Crippen LogP contribution >= 0.6 is 24.8 Å². The Bertz CT molecular complexity index is 2960. The van der Waals surface area contributed by atoms with Crippen molar-refractivity contribution in [3.8, 4) is 0 Å². The van der Waals surface area contributed by atoms with Crippen LogP contribution in [0.4, 0.5) is 57.3 Å². The van der Waals surface area contributed by atoms with Crippen LogP contribution in [-0.2, 0) is 46.2 Å². The molecular formula is C61H84Cl2F2N12O10. The van der Waals surface area contributed by atoms with E-state index in [0.717, 1.165) is 41.8 Å². The highest BCUT2D eigenvalue weighted by Crippen LogP contribution is 2.31. The monoisotopic (exact) mass is 1250 g/mol. The van der Waals surface area contributed by atoms with Crippen molar-refractivity contribution in [2.45, 2.75) is 77.1 Å². The van der Waals surface area contributed by atoms with Crippen molar-refractivity contribution in [1.29, 1.82) is 0 Å². The van der Waals surface area contributed by atoms with Crippen LogP contribution in [0.5, 0.6) is 0 Å². The number of benzene rings is 4. The molecule has 0 unspecified atom stereocenters. The molecule has 2 atom stereocenters. The normalized spacial score (nSPS) is 16.7. The second-order valence-corrected chi connectivity index (χ2v) is 23.0. The van der Waals surface area contributed by atoms with Crippen molar-refractivity contribution in [3.63, 3.8) is 0 Å². The first-order valence-electron chi connectivity index (χ1n) is 28.9. The number of likely N-dealkylation sites (N-methyl/N-ethyl adjacent to an activating group) is 2. The van der Waals surface area contributed by atoms with Gasteiger partial charge in [0.15, 0.2) is 0 Å². The van der Waals surface area contributed by atoms with Gasteiger partial charge in [0.1, 0.15) is 29.4 Å². The molecule has 4 aliphatic heterocycles. The zero-order valence-corrected chi connectivity index (χ0v) is 52.3. The summed E-state index contributed by atoms with van der Waals surface area (Å²) in [6.45, 7) is 10.7. The summed E-state index contributed by atoms with van der Waals surface area (Å²) in [5.74, 6) is -0.847. The largest absolute Gasteiger partial charge is 0.444 e. The third-order valence-electron chi connectivity index (χ3n) is 14.4. The summed E-state index contributed by atoms with van der Waals surface area (Å²) in [4.78, 5) is 99.7. The second-order valence-electron chi connectivity index (χ2n) is 23.0. The van der Waals surface area contributed by atoms with E-state index in [4.69, 9.17) is 19.9 Å². The first-order chi connectivity index (χ1) is 40.5. The predicted octanol–water partition coefficient (Wildman–Crippen LogP) is 6.97. The molecule has 0 radical (unpaired) electrons. The van der Waals surface area contributed by atoms with E-state index in [9.17, 15) is 38.0 Å². The summed E-state index contributed by atoms with van der Waals surface area (Å²) in [6.07, 6.45) is 1.09. The van der Waals surface area contributed by atoms with Crippen LogP contribution in [0.1, 0.15) is 57.6 Å². The second kappa shape index (κ2) is 33.0. The maximum absolute atomic E-state index is 15.2. The first kappa shape index (κ1) is 70.3. The zero-order chi connectivity index (χ0) is 61.4. The molecule has 26 heteroatoms. The summed E-state index contributed by atoms with van der Waals surface area (Å²) in [5, 5.41) is 8.32. The fourth-order valence-corrected chi connectivity index (χ4v) is 10.1. The van der Waals surface area contributed by atoms with Gasteiger partial charge in [-0.05, 0) is 146 Å². The van der Waals surface area contributed by atoms with E-state index in [1.807, 2.05) is 101 Å². The molecule has 4 aromatic rings. The molecule has 4 aromatic carbocycles. The number of halogens is 4. The Morgan fingerprint density at radius 1 is 0.598 bits per heavy atom. The minimum absolute atomic E-state index is 0. The quantitative estimate of drug-likeness (QED) is 0.0617. The number of cyclic esters (lactones) is 2. The topological polar surface area (TPSA) is 235 Å². The van der Waals surface area contributed by atoms with Crippen LogP contribution < -0.4 is 41.3 Å². The first-order valence-corrected chi connectivity index (χ1v) is 28.9. The number of anilines is 6. The molecule has 4 aliphatic rings. The van der Waals surface area contributed by atoms with Crippen molar-refractivity contribution in [3.05, 3.63) is 108 Å². The smallest absolute Gasteiger partial charge is 0.414 e. The highest BCUT2D eigenvalue weighted by atomic mass is 35.5. The molecule has 8 rings (SSSR count). The third-order valence-corrected chi connectivity index (χ3v) is 14.4. The summed E-state index contributed by atoms with van der Waals surface area (Å²) in [6, 6.07) is 24.7. The summed E-state index contributed by atoms with van der Waals surface area (Å²) in [7, 11) is 7.37. The molecule has 0 bridgehead atoms. The Morgan fingerprint density at radius 2 is 0.989 bits per heavy atom. The Kier molecular flexibility index (Phi) is 26.7. The van der Waals surface area contributed by atoms with Gasteiger partial charge in [0.25, 0.3) is 0 Å². The summed E-state index contributed by atoms with van der Waals surface area (Å²) in [5.41, 5.74) is 10.3. The average molecular weight is 1250 g/mol. The lowest BCUT2D eigenvalue weighted by atomic mass is 10.1. The third kappa shape index (κ3) is 21.4. The number of nitrogens with one attached hydrogen (secondary N) is 3. The fourth-order valence-electron chi connectivity index (χ4n) is 10.1. The van der Waals surface area contributed by atoms with Gasteiger partial charge in [0, 0.05) is 83.1 Å². The Labute approximate surface area is 520 Å². The van der Waals surface area contributed by atoms with Crippen molar-refractivity contribution in [1.82, 2.24) is 24.9 Å². The molecule has 0 aliphatic carbocycles. The van der Waals surface area contributed by atoms with Crippen molar-refractivity contribution >= 4 is 101 Å². The number of hydrogen-bond donors (Lipinski definition) is 4. The van der Waals surface area contributed by atoms with Crippen LogP contribution in [0.3, 0.4) is 0 Å². The molecule has 0 aromatic heterocycles. The lowest BCUT2D eigenvalue weighted by molar-refractivity contribution is -0.132. The predicted molar refractivity (Wildman–Crippen MR) is 337 cm³/mol. The van der Waals surface area contributed by atoms with E-state index < -0.39 is 47.7 Å². The van der Waals surface area contributed by atoms with Gasteiger partial charge in [-0.3, -0.25) is 29.0 Å². The lowest BCUT2D eigenvalue weighted by Gasteiger charge is -2.36. The number of aryl methyl sites for hydroxylation is 2. The molecule has 0 saturated carbocycles. The Hall–Kier alpha value is -7.51. The number of nitrogens with zero attached hydrogens (tertiary/aromatic N) is 8. The highest BCUT2D eigenvalue weighted by molar-refractivity contribution is 5.93. The number of rotatable bonds is 21. The fraction of sp³-hybridized carbons (Fsp3) is 0.492. The van der Waals surface area contributed by atoms with Gasteiger partial charge in [-0.1, -0.05) is 24.3 Å². The molecule has 5 N–H and O–H groups in total. The molecule has 4 saturated heterocycles. The SMILES string of the molecule is CN(C)CC(=O)Nc1ccc(CCCC(=O)N2CCN(c3ccc(N4C[C@H](CN)OC4=O)cc3F)CC2)cc1.CN(C)CC(=O)Nc1ccc(CCCC(=O)N2CCN(c3ccc(N4C[C@H](CNC(=O)OC(C)(C)C)OC4=O)cc3F)CC2)cc1.Cl.Cl. The van der Waals surface area contributed by atoms with E-state index in [1.54, 1.807) is 49.9 Å². The standard InChI is InChI=1S/C33H45FN6O6.C28H37FN6O4.2ClH/c1-33(2,3)46-31(43)35-20-26-21-40(32(44)45-26)25-13-14-28(27(34)19-25)38-15-17-39(18-16-38)30(42)8-6-7-23-9-11-24(12-10-23)36-29(41)22-37(4)5;1-32(2)19-26(36)31-21-8-6-20(7-9-21)4-3-5-27(37)34-14-12-33(13-15-34)25-11-10-22(16-24(25)29)35-18-23(17-30)39-28(35)38;;/h9-14,19,26H,6-8,15-18,20-22H2,1-5H3,(H,35,43)(H,36,41);6-11,16,23H,3-5,12-15,17-19,30H2,1-2H3,(H,31,36);2*1H/t26-;23-;;/m00../s1. The van der Waals surface area contributed by atoms with E-state index in [0.29, 0.717) is 114 Å². The van der Waals surface area contributed by atoms with Crippen molar-refractivity contribution < 1.29 is 56.6 Å². The molecule has 4 fully saturated rings. The molecule has 87 heavy (non-hydrogen) atoms. The number of alkyl carbamates (subject to hydrolysis) is 1. The van der Waals surface area contributed by atoms with Gasteiger partial charge in [-0.2, -0.15) is 0 Å². The van der Waals surface area contributed by atoms with Gasteiger partial charge in [-0.25, -0.2) is 23.2 Å². The van der Waals surface area contributed by atoms with Crippen LogP contribution in [0.15, 0.2) is 84.9 Å². The lowest BCUT2D eigenvalue weighted by Crippen LogP contribution is -2.49. The number of carbonyl (C=O) groups excluding carboxylic acids is 7. The van der Waals surface area contributed by atoms with E-state index in [2.05, 4.69) is 16.0 Å². The molecule has 7 amide bonds. The minimum Gasteiger partial charge on any atom is -0.444 e. The number of carbonyl (C=O) groups is 7. The van der Waals surface area contributed by atoms with Gasteiger partial charge < -0.3 is 65.3 Å². The molecule has 22 nitrogen and oxygen atoms in total. The maximum atomic E-state index is 15.2. The van der Waals surface area contributed by atoms with Crippen molar-refractivity contribution in [2.75, 3.05) is 150 Å². The highest BCUT2D eigenvalue weighted by Gasteiger charge is 2.35. The van der Waals surface area contributed by atoms with Crippen molar-refractivity contribution in [2.24, 2.45) is 5.73 Å². The van der Waals surface area contributed by atoms with Gasteiger partial charge in [0.05, 0.1) is 55.5 Å². The van der Waals surface area contributed by atoms with E-state index in [1.165, 1.54) is 21.9 Å². The van der Waals surface area contributed by atoms with Gasteiger partial charge in [-0.15, -0.1) is 24.8 Å². The number of piperazine rings is 2. The van der Waals surface area contributed by atoms with E-state index in [-0.39, 0.29) is 68.1 Å². The van der Waals surface area contributed by atoms with Gasteiger partial charge >= 0.3 is 18.3 Å². The number of ether oxygens (including phenoxy) is 3. The summed E-state index contributed by atoms with van der Waals surface area (Å²) >= 11 is 0. The molecule has 4 heterocycles. The van der Waals surface area contributed by atoms with E-state index >= 15 is 4.39 Å². The average Bonchev–Trinajstić information content (AvgIpc) is 2.01. The zero-order valence-electron chi connectivity index (χ0n) is 50.7. The number of hydrogen-bond acceptors (Lipinski definition) is 15. The van der Waals surface area contributed by atoms with Crippen LogP contribution in [-0.4, -0.2) is 199 Å². The molecule has 0 spiro atoms.